The van der Waals surface area contributed by atoms with Gasteiger partial charge in [-0.15, -0.1) is 0 Å². The Bertz CT molecular complexity index is 656. The van der Waals surface area contributed by atoms with E-state index >= 15 is 0 Å². The second kappa shape index (κ2) is 5.27. The topological polar surface area (TPSA) is 43.1 Å². The lowest BCUT2D eigenvalue weighted by Gasteiger charge is -2.07. The molecule has 0 fully saturated rings. The van der Waals surface area contributed by atoms with Crippen molar-refractivity contribution in [2.24, 2.45) is 0 Å². The number of hydrogen-bond acceptors (Lipinski definition) is 2. The summed E-state index contributed by atoms with van der Waals surface area (Å²) >= 11 is 8.67. The number of nitrogen functional groups attached to an aromatic ring is 1. The summed E-state index contributed by atoms with van der Waals surface area (Å²) in [6.45, 7) is 0. The molecule has 0 aliphatic rings. The molecular weight excluding hydrogens is 340 g/mol. The zero-order valence-corrected chi connectivity index (χ0v) is 11.7. The van der Waals surface area contributed by atoms with Crippen molar-refractivity contribution in [3.63, 3.8) is 0 Å². The number of nitrogens with two attached hydrogens (primary N) is 1. The van der Waals surface area contributed by atoms with Gasteiger partial charge in [-0.2, -0.15) is 0 Å². The molecule has 19 heavy (non-hydrogen) atoms. The van der Waals surface area contributed by atoms with E-state index in [-0.39, 0.29) is 20.7 Å². The number of rotatable bonds is 2. The second-order valence-corrected chi connectivity index (χ2v) is 5.11. The Labute approximate surface area is 121 Å². The minimum absolute atomic E-state index is 0.00671. The van der Waals surface area contributed by atoms with E-state index in [1.165, 1.54) is 24.3 Å². The number of carbonyl (C=O) groups excluding carboxylic acids is 1. The minimum atomic E-state index is -0.955. The third kappa shape index (κ3) is 2.77. The maximum Gasteiger partial charge on any atom is 0.199 e. The molecule has 2 nitrogen and oxygen atoms in total. The van der Waals surface area contributed by atoms with Crippen LogP contribution in [0.3, 0.4) is 0 Å². The molecular formula is C13H7BrClF2NO. The van der Waals surface area contributed by atoms with Crippen molar-refractivity contribution in [2.45, 2.75) is 0 Å². The minimum Gasteiger partial charge on any atom is -0.399 e. The number of hydrogen-bond donors (Lipinski definition) is 1. The third-order valence-corrected chi connectivity index (χ3v) is 3.28. The van der Waals surface area contributed by atoms with Crippen molar-refractivity contribution in [1.29, 1.82) is 0 Å². The van der Waals surface area contributed by atoms with Crippen LogP contribution in [0.2, 0.25) is 5.02 Å². The van der Waals surface area contributed by atoms with Crippen LogP contribution in [-0.4, -0.2) is 5.78 Å². The van der Waals surface area contributed by atoms with E-state index in [0.717, 1.165) is 6.07 Å². The Balaban J connectivity index is 2.59. The van der Waals surface area contributed by atoms with Gasteiger partial charge in [-0.25, -0.2) is 8.78 Å². The van der Waals surface area contributed by atoms with Crippen LogP contribution in [0.15, 0.2) is 34.8 Å². The second-order valence-electron chi connectivity index (χ2n) is 3.82. The molecule has 2 aromatic carbocycles. The molecule has 0 unspecified atom stereocenters. The molecule has 0 aliphatic carbocycles. The van der Waals surface area contributed by atoms with Gasteiger partial charge in [0.05, 0.1) is 10.0 Å². The van der Waals surface area contributed by atoms with Gasteiger partial charge in [-0.05, 0) is 46.3 Å². The summed E-state index contributed by atoms with van der Waals surface area (Å²) in [6, 6.07) is 6.25. The van der Waals surface area contributed by atoms with Crippen molar-refractivity contribution >= 4 is 39.0 Å². The Hall–Kier alpha value is -1.46. The summed E-state index contributed by atoms with van der Waals surface area (Å²) in [4.78, 5) is 12.1. The molecule has 0 saturated carbocycles. The lowest BCUT2D eigenvalue weighted by molar-refractivity contribution is 0.103. The average molecular weight is 347 g/mol. The smallest absolute Gasteiger partial charge is 0.199 e. The fourth-order valence-electron chi connectivity index (χ4n) is 1.62. The van der Waals surface area contributed by atoms with Crippen LogP contribution in [0.1, 0.15) is 15.9 Å². The molecule has 0 aromatic heterocycles. The number of halogens is 4. The summed E-state index contributed by atoms with van der Waals surface area (Å²) in [6.07, 6.45) is 0. The number of carbonyl (C=O) groups is 1. The Morgan fingerprint density at radius 1 is 1.21 bits per heavy atom. The normalized spacial score (nSPS) is 10.5. The molecule has 6 heteroatoms. The molecule has 2 aromatic rings. The van der Waals surface area contributed by atoms with E-state index < -0.39 is 23.0 Å². The molecule has 0 amide bonds. The zero-order chi connectivity index (χ0) is 14.2. The third-order valence-electron chi connectivity index (χ3n) is 2.45. The SMILES string of the molecule is Nc1cc(Cl)cc(C(=O)c2c(F)ccc(Br)c2F)c1. The molecule has 0 saturated heterocycles. The number of benzene rings is 2. The largest absolute Gasteiger partial charge is 0.399 e. The quantitative estimate of drug-likeness (QED) is 0.503. The van der Waals surface area contributed by atoms with Crippen molar-refractivity contribution in [3.05, 3.63) is 62.6 Å². The number of ketones is 1. The first kappa shape index (κ1) is 14.0. The van der Waals surface area contributed by atoms with Crippen LogP contribution in [0.4, 0.5) is 14.5 Å². The van der Waals surface area contributed by atoms with Crippen LogP contribution in [0.5, 0.6) is 0 Å². The maximum atomic E-state index is 13.8. The predicted octanol–water partition coefficient (Wildman–Crippen LogP) is 4.19. The van der Waals surface area contributed by atoms with Crippen LogP contribution >= 0.6 is 27.5 Å². The highest BCUT2D eigenvalue weighted by atomic mass is 79.9. The Morgan fingerprint density at radius 2 is 1.89 bits per heavy atom. The van der Waals surface area contributed by atoms with Crippen molar-refractivity contribution in [2.75, 3.05) is 5.73 Å². The predicted molar refractivity (Wildman–Crippen MR) is 73.4 cm³/mol. The maximum absolute atomic E-state index is 13.8. The molecule has 0 bridgehead atoms. The summed E-state index contributed by atoms with van der Waals surface area (Å²) in [5.74, 6) is -2.71. The van der Waals surface area contributed by atoms with Crippen LogP contribution in [0, 0.1) is 11.6 Å². The van der Waals surface area contributed by atoms with E-state index in [0.29, 0.717) is 0 Å². The Morgan fingerprint density at radius 3 is 2.53 bits per heavy atom. The first-order chi connectivity index (χ1) is 8.90. The molecule has 0 spiro atoms. The van der Waals surface area contributed by atoms with E-state index in [9.17, 15) is 13.6 Å². The highest BCUT2D eigenvalue weighted by Crippen LogP contribution is 2.26. The fourth-order valence-corrected chi connectivity index (χ4v) is 2.20. The van der Waals surface area contributed by atoms with E-state index in [2.05, 4.69) is 15.9 Å². The highest BCUT2D eigenvalue weighted by Gasteiger charge is 2.21. The van der Waals surface area contributed by atoms with Crippen LogP contribution in [0.25, 0.3) is 0 Å². The van der Waals surface area contributed by atoms with E-state index in [1.807, 2.05) is 0 Å². The van der Waals surface area contributed by atoms with Crippen LogP contribution in [-0.2, 0) is 0 Å². The van der Waals surface area contributed by atoms with Gasteiger partial charge in [-0.1, -0.05) is 11.6 Å². The van der Waals surface area contributed by atoms with Crippen molar-refractivity contribution in [1.82, 2.24) is 0 Å². The monoisotopic (exact) mass is 345 g/mol. The molecule has 2 N–H and O–H groups in total. The number of anilines is 1. The molecule has 2 rings (SSSR count). The fraction of sp³-hybridized carbons (Fsp3) is 0. The van der Waals surface area contributed by atoms with Gasteiger partial charge in [0.2, 0.25) is 0 Å². The van der Waals surface area contributed by atoms with Gasteiger partial charge in [0.1, 0.15) is 5.82 Å². The molecule has 0 atom stereocenters. The van der Waals surface area contributed by atoms with Crippen molar-refractivity contribution < 1.29 is 13.6 Å². The van der Waals surface area contributed by atoms with E-state index in [4.69, 9.17) is 17.3 Å². The first-order valence-corrected chi connectivity index (χ1v) is 6.31. The van der Waals surface area contributed by atoms with E-state index in [1.54, 1.807) is 0 Å². The van der Waals surface area contributed by atoms with Gasteiger partial charge in [0.25, 0.3) is 0 Å². The zero-order valence-electron chi connectivity index (χ0n) is 9.38. The Kier molecular flexibility index (Phi) is 3.87. The summed E-state index contributed by atoms with van der Waals surface area (Å²) in [7, 11) is 0. The van der Waals surface area contributed by atoms with Gasteiger partial charge in [0.15, 0.2) is 11.6 Å². The van der Waals surface area contributed by atoms with Crippen molar-refractivity contribution in [3.8, 4) is 0 Å². The molecule has 98 valence electrons. The molecule has 0 aliphatic heterocycles. The van der Waals surface area contributed by atoms with Gasteiger partial charge in [-0.3, -0.25) is 4.79 Å². The highest BCUT2D eigenvalue weighted by molar-refractivity contribution is 9.10. The van der Waals surface area contributed by atoms with Gasteiger partial charge in [0, 0.05) is 16.3 Å². The lowest BCUT2D eigenvalue weighted by atomic mass is 10.0. The van der Waals surface area contributed by atoms with Crippen LogP contribution < -0.4 is 5.73 Å². The molecule has 0 heterocycles. The standard InChI is InChI=1S/C13H7BrClF2NO/c14-9-1-2-10(16)11(12(9)17)13(19)6-3-7(15)5-8(18)4-6/h1-5H,18H2. The summed E-state index contributed by atoms with van der Waals surface area (Å²) in [5.41, 5.74) is 5.18. The lowest BCUT2D eigenvalue weighted by Crippen LogP contribution is -2.08. The van der Waals surface area contributed by atoms with Gasteiger partial charge >= 0.3 is 0 Å². The van der Waals surface area contributed by atoms with Gasteiger partial charge < -0.3 is 5.73 Å². The summed E-state index contributed by atoms with van der Waals surface area (Å²) in [5, 5.41) is 0.221. The first-order valence-electron chi connectivity index (χ1n) is 5.14. The average Bonchev–Trinajstić information content (AvgIpc) is 2.33. The summed E-state index contributed by atoms with van der Waals surface area (Å²) < 4.78 is 27.5. The molecule has 0 radical (unpaired) electrons.